The van der Waals surface area contributed by atoms with Crippen molar-refractivity contribution in [3.63, 3.8) is 0 Å². The standard InChI is InChI=1S/C14H10Cl2N2/c15-12-5-2-1-4-10(12)9-18-14-7-3-6-13(16)11(14)8-17/h1-7,18H,9H2. The first kappa shape index (κ1) is 12.8. The number of nitrogens with one attached hydrogen (secondary N) is 1. The third-order valence-corrected chi connectivity index (χ3v) is 3.24. The van der Waals surface area contributed by atoms with Gasteiger partial charge in [0.15, 0.2) is 0 Å². The summed E-state index contributed by atoms with van der Waals surface area (Å²) in [4.78, 5) is 0. The Hall–Kier alpha value is -1.69. The predicted octanol–water partition coefficient (Wildman–Crippen LogP) is 4.48. The molecule has 2 aromatic carbocycles. The summed E-state index contributed by atoms with van der Waals surface area (Å²) in [6.45, 7) is 0.550. The van der Waals surface area contributed by atoms with Crippen LogP contribution in [0.2, 0.25) is 10.0 Å². The van der Waals surface area contributed by atoms with E-state index in [2.05, 4.69) is 11.4 Å². The van der Waals surface area contributed by atoms with Crippen molar-refractivity contribution in [1.29, 1.82) is 5.26 Å². The highest BCUT2D eigenvalue weighted by atomic mass is 35.5. The van der Waals surface area contributed by atoms with Gasteiger partial charge in [0, 0.05) is 11.6 Å². The molecular formula is C14H10Cl2N2. The molecule has 0 heterocycles. The molecule has 0 unspecified atom stereocenters. The van der Waals surface area contributed by atoms with Crippen LogP contribution in [0.4, 0.5) is 5.69 Å². The Morgan fingerprint density at radius 3 is 2.44 bits per heavy atom. The largest absolute Gasteiger partial charge is 0.380 e. The smallest absolute Gasteiger partial charge is 0.103 e. The van der Waals surface area contributed by atoms with Gasteiger partial charge in [-0.3, -0.25) is 0 Å². The summed E-state index contributed by atoms with van der Waals surface area (Å²) in [5, 5.41) is 13.4. The van der Waals surface area contributed by atoms with Crippen molar-refractivity contribution in [3.05, 3.63) is 63.6 Å². The maximum Gasteiger partial charge on any atom is 0.103 e. The molecule has 90 valence electrons. The molecule has 0 radical (unpaired) electrons. The Balaban J connectivity index is 2.19. The number of rotatable bonds is 3. The van der Waals surface area contributed by atoms with Crippen LogP contribution in [-0.2, 0) is 6.54 Å². The number of hydrogen-bond donors (Lipinski definition) is 1. The van der Waals surface area contributed by atoms with Crippen molar-refractivity contribution in [2.24, 2.45) is 0 Å². The second kappa shape index (κ2) is 5.77. The van der Waals surface area contributed by atoms with Gasteiger partial charge in [0.05, 0.1) is 16.3 Å². The number of hydrogen-bond acceptors (Lipinski definition) is 2. The maximum atomic E-state index is 9.05. The van der Waals surface area contributed by atoms with E-state index in [1.54, 1.807) is 12.1 Å². The summed E-state index contributed by atoms with van der Waals surface area (Å²) in [7, 11) is 0. The van der Waals surface area contributed by atoms with Crippen LogP contribution in [0, 0.1) is 11.3 Å². The van der Waals surface area contributed by atoms with E-state index >= 15 is 0 Å². The van der Waals surface area contributed by atoms with Gasteiger partial charge in [0.1, 0.15) is 6.07 Å². The van der Waals surface area contributed by atoms with E-state index in [9.17, 15) is 0 Å². The summed E-state index contributed by atoms with van der Waals surface area (Å²) < 4.78 is 0. The second-order valence-corrected chi connectivity index (χ2v) is 4.53. The number of benzene rings is 2. The SMILES string of the molecule is N#Cc1c(Cl)cccc1NCc1ccccc1Cl. The van der Waals surface area contributed by atoms with E-state index in [4.69, 9.17) is 28.5 Å². The van der Waals surface area contributed by atoms with Crippen LogP contribution in [0.1, 0.15) is 11.1 Å². The van der Waals surface area contributed by atoms with Gasteiger partial charge in [-0.1, -0.05) is 47.5 Å². The average molecular weight is 277 g/mol. The third kappa shape index (κ3) is 2.76. The average Bonchev–Trinajstić information content (AvgIpc) is 2.38. The van der Waals surface area contributed by atoms with Gasteiger partial charge in [0.25, 0.3) is 0 Å². The first-order chi connectivity index (χ1) is 8.72. The Morgan fingerprint density at radius 2 is 1.72 bits per heavy atom. The highest BCUT2D eigenvalue weighted by Gasteiger charge is 2.06. The van der Waals surface area contributed by atoms with E-state index in [1.165, 1.54) is 0 Å². The molecule has 0 aromatic heterocycles. The van der Waals surface area contributed by atoms with Crippen molar-refractivity contribution < 1.29 is 0 Å². The monoisotopic (exact) mass is 276 g/mol. The molecule has 0 saturated heterocycles. The Bertz CT molecular complexity index is 603. The molecule has 0 saturated carbocycles. The van der Waals surface area contributed by atoms with Crippen LogP contribution < -0.4 is 5.32 Å². The van der Waals surface area contributed by atoms with Crippen LogP contribution in [-0.4, -0.2) is 0 Å². The molecule has 0 fully saturated rings. The van der Waals surface area contributed by atoms with Crippen LogP contribution in [0.5, 0.6) is 0 Å². The lowest BCUT2D eigenvalue weighted by Gasteiger charge is -2.10. The topological polar surface area (TPSA) is 35.8 Å². The number of halogens is 2. The number of nitrogens with zero attached hydrogens (tertiary/aromatic N) is 1. The Labute approximate surface area is 116 Å². The first-order valence-electron chi connectivity index (χ1n) is 5.38. The van der Waals surface area contributed by atoms with Crippen molar-refractivity contribution in [2.45, 2.75) is 6.54 Å². The zero-order valence-electron chi connectivity index (χ0n) is 9.45. The summed E-state index contributed by atoms with van der Waals surface area (Å²) in [5.41, 5.74) is 2.14. The van der Waals surface area contributed by atoms with E-state index in [0.29, 0.717) is 27.8 Å². The molecule has 2 rings (SSSR count). The fraction of sp³-hybridized carbons (Fsp3) is 0.0714. The van der Waals surface area contributed by atoms with Crippen molar-refractivity contribution in [3.8, 4) is 6.07 Å². The van der Waals surface area contributed by atoms with E-state index in [0.717, 1.165) is 5.56 Å². The first-order valence-corrected chi connectivity index (χ1v) is 6.14. The highest BCUT2D eigenvalue weighted by molar-refractivity contribution is 6.32. The minimum atomic E-state index is 0.446. The van der Waals surface area contributed by atoms with Gasteiger partial charge in [-0.05, 0) is 23.8 Å². The number of anilines is 1. The zero-order chi connectivity index (χ0) is 13.0. The summed E-state index contributed by atoms with van der Waals surface area (Å²) in [5.74, 6) is 0. The summed E-state index contributed by atoms with van der Waals surface area (Å²) >= 11 is 12.0. The summed E-state index contributed by atoms with van der Waals surface area (Å²) in [6, 6.07) is 15.0. The zero-order valence-corrected chi connectivity index (χ0v) is 11.0. The molecule has 4 heteroatoms. The quantitative estimate of drug-likeness (QED) is 0.898. The van der Waals surface area contributed by atoms with Gasteiger partial charge >= 0.3 is 0 Å². The van der Waals surface area contributed by atoms with Crippen LogP contribution in [0.25, 0.3) is 0 Å². The minimum absolute atomic E-state index is 0.446. The summed E-state index contributed by atoms with van der Waals surface area (Å²) in [6.07, 6.45) is 0. The second-order valence-electron chi connectivity index (χ2n) is 3.72. The lowest BCUT2D eigenvalue weighted by Crippen LogP contribution is -2.02. The molecular weight excluding hydrogens is 267 g/mol. The van der Waals surface area contributed by atoms with Crippen LogP contribution in [0.3, 0.4) is 0 Å². The molecule has 0 aliphatic rings. The van der Waals surface area contributed by atoms with Gasteiger partial charge in [-0.15, -0.1) is 0 Å². The fourth-order valence-corrected chi connectivity index (χ4v) is 2.04. The fourth-order valence-electron chi connectivity index (χ4n) is 1.62. The molecule has 0 atom stereocenters. The Kier molecular flexibility index (Phi) is 4.09. The maximum absolute atomic E-state index is 9.05. The van der Waals surface area contributed by atoms with Crippen LogP contribution in [0.15, 0.2) is 42.5 Å². The van der Waals surface area contributed by atoms with Crippen molar-refractivity contribution in [2.75, 3.05) is 5.32 Å². The highest BCUT2D eigenvalue weighted by Crippen LogP contribution is 2.24. The lowest BCUT2D eigenvalue weighted by molar-refractivity contribution is 1.15. The molecule has 0 amide bonds. The lowest BCUT2D eigenvalue weighted by atomic mass is 10.1. The van der Waals surface area contributed by atoms with Gasteiger partial charge in [-0.2, -0.15) is 5.26 Å². The minimum Gasteiger partial charge on any atom is -0.380 e. The van der Waals surface area contributed by atoms with E-state index < -0.39 is 0 Å². The van der Waals surface area contributed by atoms with Crippen LogP contribution >= 0.6 is 23.2 Å². The van der Waals surface area contributed by atoms with Gasteiger partial charge in [-0.25, -0.2) is 0 Å². The normalized spacial score (nSPS) is 9.83. The molecule has 0 aliphatic heterocycles. The molecule has 0 aliphatic carbocycles. The Morgan fingerprint density at radius 1 is 1.00 bits per heavy atom. The molecule has 0 spiro atoms. The van der Waals surface area contributed by atoms with Gasteiger partial charge in [0.2, 0.25) is 0 Å². The molecule has 2 aromatic rings. The molecule has 18 heavy (non-hydrogen) atoms. The predicted molar refractivity (Wildman–Crippen MR) is 74.9 cm³/mol. The van der Waals surface area contributed by atoms with E-state index in [1.807, 2.05) is 30.3 Å². The molecule has 2 nitrogen and oxygen atoms in total. The van der Waals surface area contributed by atoms with Crippen molar-refractivity contribution >= 4 is 28.9 Å². The molecule has 1 N–H and O–H groups in total. The van der Waals surface area contributed by atoms with E-state index in [-0.39, 0.29) is 0 Å². The number of nitriles is 1. The third-order valence-electron chi connectivity index (χ3n) is 2.55. The van der Waals surface area contributed by atoms with Crippen molar-refractivity contribution in [1.82, 2.24) is 0 Å². The molecule has 0 bridgehead atoms. The van der Waals surface area contributed by atoms with Gasteiger partial charge < -0.3 is 5.32 Å².